The summed E-state index contributed by atoms with van der Waals surface area (Å²) < 4.78 is 0. The number of hydrogen-bond acceptors (Lipinski definition) is 3. The van der Waals surface area contributed by atoms with E-state index in [4.69, 9.17) is 0 Å². The Kier molecular flexibility index (Phi) is 6.95. The molecular weight excluding hydrogens is 398 g/mol. The van der Waals surface area contributed by atoms with Crippen LogP contribution >= 0.6 is 0 Å². The Morgan fingerprint density at radius 1 is 1.03 bits per heavy atom. The van der Waals surface area contributed by atoms with Crippen molar-refractivity contribution in [3.05, 3.63) is 70.3 Å². The Labute approximate surface area is 191 Å². The molecule has 2 atom stereocenters. The van der Waals surface area contributed by atoms with Gasteiger partial charge in [0.15, 0.2) is 0 Å². The van der Waals surface area contributed by atoms with Crippen molar-refractivity contribution >= 4 is 11.8 Å². The van der Waals surface area contributed by atoms with Gasteiger partial charge in [-0.1, -0.05) is 48.0 Å². The number of carbonyl (C=O) groups excluding carboxylic acids is 2. The first kappa shape index (κ1) is 22.5. The number of fused-ring (bicyclic) bond motifs is 1. The molecule has 0 aliphatic carbocycles. The van der Waals surface area contributed by atoms with Crippen molar-refractivity contribution in [2.24, 2.45) is 0 Å². The summed E-state index contributed by atoms with van der Waals surface area (Å²) >= 11 is 0. The van der Waals surface area contributed by atoms with Gasteiger partial charge in [0.05, 0.1) is 12.6 Å². The van der Waals surface area contributed by atoms with Crippen molar-refractivity contribution in [3.63, 3.8) is 0 Å². The first-order chi connectivity index (χ1) is 15.4. The lowest BCUT2D eigenvalue weighted by Gasteiger charge is -2.39. The number of rotatable bonds is 5. The van der Waals surface area contributed by atoms with Crippen LogP contribution in [-0.2, 0) is 16.0 Å². The molecule has 0 saturated carbocycles. The predicted octanol–water partition coefficient (Wildman–Crippen LogP) is 4.09. The second-order valence-electron chi connectivity index (χ2n) is 9.36. The third-order valence-electron chi connectivity index (χ3n) is 6.90. The number of amides is 2. The molecule has 32 heavy (non-hydrogen) atoms. The monoisotopic (exact) mass is 433 g/mol. The topological polar surface area (TPSA) is 52.7 Å². The maximum Gasteiger partial charge on any atom is 0.244 e. The molecule has 1 fully saturated rings. The van der Waals surface area contributed by atoms with Crippen LogP contribution < -0.4 is 5.32 Å². The average molecular weight is 434 g/mol. The number of aryl methyl sites for hydroxylation is 2. The SMILES string of the molecule is Cc1ccc(C(C)NC(=O)CN2CCc3ccccc3C2C(=O)N2CCCCC2)c(C)c1. The molecule has 1 N–H and O–H groups in total. The molecule has 4 rings (SSSR count). The summed E-state index contributed by atoms with van der Waals surface area (Å²) in [6.45, 7) is 8.77. The second-order valence-corrected chi connectivity index (χ2v) is 9.36. The van der Waals surface area contributed by atoms with Gasteiger partial charge < -0.3 is 10.2 Å². The fourth-order valence-electron chi connectivity index (χ4n) is 5.23. The molecule has 2 aromatic carbocycles. The van der Waals surface area contributed by atoms with Gasteiger partial charge in [-0.3, -0.25) is 14.5 Å². The van der Waals surface area contributed by atoms with Gasteiger partial charge in [0.2, 0.25) is 11.8 Å². The normalized spacial score (nSPS) is 19.8. The lowest BCUT2D eigenvalue weighted by atomic mass is 9.91. The van der Waals surface area contributed by atoms with E-state index in [-0.39, 0.29) is 30.4 Å². The number of likely N-dealkylation sites (tertiary alicyclic amines) is 1. The van der Waals surface area contributed by atoms with E-state index < -0.39 is 0 Å². The zero-order valence-corrected chi connectivity index (χ0v) is 19.6. The van der Waals surface area contributed by atoms with Crippen molar-refractivity contribution in [1.82, 2.24) is 15.1 Å². The third-order valence-corrected chi connectivity index (χ3v) is 6.90. The Hall–Kier alpha value is -2.66. The molecule has 5 nitrogen and oxygen atoms in total. The van der Waals surface area contributed by atoms with E-state index in [2.05, 4.69) is 54.4 Å². The lowest BCUT2D eigenvalue weighted by molar-refractivity contribution is -0.139. The van der Waals surface area contributed by atoms with E-state index in [0.717, 1.165) is 43.5 Å². The van der Waals surface area contributed by atoms with Gasteiger partial charge in [-0.15, -0.1) is 0 Å². The molecule has 0 spiro atoms. The number of hydrogen-bond donors (Lipinski definition) is 1. The molecule has 2 unspecified atom stereocenters. The fourth-order valence-corrected chi connectivity index (χ4v) is 5.23. The van der Waals surface area contributed by atoms with Gasteiger partial charge in [-0.2, -0.15) is 0 Å². The molecule has 170 valence electrons. The first-order valence-corrected chi connectivity index (χ1v) is 11.9. The summed E-state index contributed by atoms with van der Waals surface area (Å²) in [4.78, 5) is 30.7. The summed E-state index contributed by atoms with van der Waals surface area (Å²) in [6.07, 6.45) is 4.18. The van der Waals surface area contributed by atoms with Crippen molar-refractivity contribution in [3.8, 4) is 0 Å². The zero-order valence-electron chi connectivity index (χ0n) is 19.6. The Morgan fingerprint density at radius 3 is 2.53 bits per heavy atom. The molecule has 0 radical (unpaired) electrons. The third kappa shape index (κ3) is 4.88. The van der Waals surface area contributed by atoms with Gasteiger partial charge in [0.1, 0.15) is 6.04 Å². The van der Waals surface area contributed by atoms with Crippen LogP contribution in [0.3, 0.4) is 0 Å². The maximum atomic E-state index is 13.6. The Morgan fingerprint density at radius 2 is 1.78 bits per heavy atom. The summed E-state index contributed by atoms with van der Waals surface area (Å²) in [5.41, 5.74) is 5.82. The lowest BCUT2D eigenvalue weighted by Crippen LogP contribution is -2.50. The van der Waals surface area contributed by atoms with Crippen LogP contribution in [0.2, 0.25) is 0 Å². The minimum Gasteiger partial charge on any atom is -0.348 e. The molecule has 2 heterocycles. The van der Waals surface area contributed by atoms with E-state index >= 15 is 0 Å². The summed E-state index contributed by atoms with van der Waals surface area (Å²) in [5, 5.41) is 3.16. The molecule has 0 bridgehead atoms. The van der Waals surface area contributed by atoms with Gasteiger partial charge in [-0.25, -0.2) is 0 Å². The Bertz CT molecular complexity index is 981. The largest absolute Gasteiger partial charge is 0.348 e. The quantitative estimate of drug-likeness (QED) is 0.773. The smallest absolute Gasteiger partial charge is 0.244 e. The highest BCUT2D eigenvalue weighted by atomic mass is 16.2. The van der Waals surface area contributed by atoms with Crippen molar-refractivity contribution in [2.45, 2.75) is 58.5 Å². The maximum absolute atomic E-state index is 13.6. The van der Waals surface area contributed by atoms with Crippen LogP contribution in [-0.4, -0.2) is 47.8 Å². The molecule has 1 saturated heterocycles. The van der Waals surface area contributed by atoms with Crippen LogP contribution in [0.15, 0.2) is 42.5 Å². The van der Waals surface area contributed by atoms with E-state index in [1.165, 1.54) is 23.1 Å². The molecule has 2 aromatic rings. The minimum absolute atomic E-state index is 0.0340. The summed E-state index contributed by atoms with van der Waals surface area (Å²) in [6, 6.07) is 14.1. The van der Waals surface area contributed by atoms with Gasteiger partial charge in [0, 0.05) is 19.6 Å². The van der Waals surface area contributed by atoms with Gasteiger partial charge in [-0.05, 0) is 68.7 Å². The first-order valence-electron chi connectivity index (χ1n) is 11.9. The van der Waals surface area contributed by atoms with E-state index in [1.54, 1.807) is 0 Å². The highest BCUT2D eigenvalue weighted by molar-refractivity contribution is 5.86. The second kappa shape index (κ2) is 9.86. The highest BCUT2D eigenvalue weighted by Crippen LogP contribution is 2.32. The number of benzene rings is 2. The molecule has 0 aromatic heterocycles. The van der Waals surface area contributed by atoms with Gasteiger partial charge >= 0.3 is 0 Å². The molecule has 2 aliphatic heterocycles. The van der Waals surface area contributed by atoms with E-state index in [1.807, 2.05) is 24.0 Å². The minimum atomic E-state index is -0.375. The van der Waals surface area contributed by atoms with Crippen molar-refractivity contribution < 1.29 is 9.59 Å². The number of nitrogens with zero attached hydrogens (tertiary/aromatic N) is 2. The van der Waals surface area contributed by atoms with Crippen molar-refractivity contribution in [1.29, 1.82) is 0 Å². The standard InChI is InChI=1S/C27H35N3O2/c1-19-11-12-23(20(2)17-19)21(3)28-25(31)18-30-16-13-22-9-5-6-10-24(22)26(30)27(32)29-14-7-4-8-15-29/h5-6,9-12,17,21,26H,4,7-8,13-16,18H2,1-3H3,(H,28,31). The average Bonchev–Trinajstić information content (AvgIpc) is 2.79. The van der Waals surface area contributed by atoms with Crippen LogP contribution in [0.4, 0.5) is 0 Å². The van der Waals surface area contributed by atoms with Crippen LogP contribution in [0.1, 0.15) is 66.1 Å². The van der Waals surface area contributed by atoms with E-state index in [9.17, 15) is 9.59 Å². The molecule has 2 aliphatic rings. The highest BCUT2D eigenvalue weighted by Gasteiger charge is 2.36. The molecule has 2 amide bonds. The molecular formula is C27H35N3O2. The number of piperidine rings is 1. The molecule has 5 heteroatoms. The summed E-state index contributed by atoms with van der Waals surface area (Å²) in [7, 11) is 0. The van der Waals surface area contributed by atoms with Crippen LogP contribution in [0.25, 0.3) is 0 Å². The van der Waals surface area contributed by atoms with E-state index in [0.29, 0.717) is 6.54 Å². The number of carbonyl (C=O) groups is 2. The van der Waals surface area contributed by atoms with Crippen LogP contribution in [0.5, 0.6) is 0 Å². The zero-order chi connectivity index (χ0) is 22.7. The van der Waals surface area contributed by atoms with Crippen molar-refractivity contribution in [2.75, 3.05) is 26.2 Å². The van der Waals surface area contributed by atoms with Gasteiger partial charge in [0.25, 0.3) is 0 Å². The van der Waals surface area contributed by atoms with Crippen LogP contribution in [0, 0.1) is 13.8 Å². The Balaban J connectivity index is 1.50. The fraction of sp³-hybridized carbons (Fsp3) is 0.481. The predicted molar refractivity (Wildman–Crippen MR) is 127 cm³/mol. The summed E-state index contributed by atoms with van der Waals surface area (Å²) in [5.74, 6) is 0.111. The number of nitrogens with one attached hydrogen (secondary N) is 1.